The summed E-state index contributed by atoms with van der Waals surface area (Å²) in [5, 5.41) is 0. The summed E-state index contributed by atoms with van der Waals surface area (Å²) in [7, 11) is 30.3. The lowest BCUT2D eigenvalue weighted by atomic mass is 9.94. The molecule has 21 aliphatic rings. The average molecular weight is 1510 g/mol. The fourth-order valence-electron chi connectivity index (χ4n) is 15.5. The Labute approximate surface area is 609 Å². The fraction of sp³-hybridized carbons (Fsp3) is 0.913. The van der Waals surface area contributed by atoms with Crippen molar-refractivity contribution in [2.24, 2.45) is 0 Å². The Balaban J connectivity index is 1.16. The predicted octanol–water partition coefficient (Wildman–Crippen LogP) is 0.0759. The van der Waals surface area contributed by atoms with E-state index in [2.05, 4.69) is 0 Å². The minimum absolute atomic E-state index is 0.0421. The maximum absolute atomic E-state index is 7.23. The molecule has 602 valence electrons. The third kappa shape index (κ3) is 19.1. The van der Waals surface area contributed by atoms with Crippen molar-refractivity contribution in [3.05, 3.63) is 35.9 Å². The van der Waals surface area contributed by atoms with Gasteiger partial charge in [0, 0.05) is 142 Å². The molecule has 1 aromatic rings. The zero-order valence-electron chi connectivity index (χ0n) is 63.5. The third-order valence-electron chi connectivity index (χ3n) is 20.3. The van der Waals surface area contributed by atoms with Crippen LogP contribution in [0.3, 0.4) is 0 Å². The molecular formula is C69H116O35. The molecule has 0 saturated carbocycles. The molecule has 0 unspecified atom stereocenters. The molecule has 104 heavy (non-hydrogen) atoms. The van der Waals surface area contributed by atoms with Crippen LogP contribution in [0.25, 0.3) is 0 Å². The van der Waals surface area contributed by atoms with E-state index >= 15 is 0 Å². The minimum atomic E-state index is -1.28. The predicted molar refractivity (Wildman–Crippen MR) is 353 cm³/mol. The number of rotatable bonds is 30. The van der Waals surface area contributed by atoms with Crippen LogP contribution in [0, 0.1) is 0 Å². The van der Waals surface area contributed by atoms with Crippen LogP contribution in [0.15, 0.2) is 30.3 Å². The van der Waals surface area contributed by atoms with Gasteiger partial charge in [-0.2, -0.15) is 0 Å². The molecule has 0 spiro atoms. The summed E-state index contributed by atoms with van der Waals surface area (Å²) in [5.41, 5.74) is 0.835. The van der Waals surface area contributed by atoms with E-state index in [1.165, 1.54) is 142 Å². The van der Waals surface area contributed by atoms with Crippen molar-refractivity contribution in [1.82, 2.24) is 0 Å². The lowest BCUT2D eigenvalue weighted by molar-refractivity contribution is -0.403. The maximum Gasteiger partial charge on any atom is 0.187 e. The van der Waals surface area contributed by atoms with E-state index in [-0.39, 0.29) is 52.9 Å². The smallest absolute Gasteiger partial charge is 0.187 e. The van der Waals surface area contributed by atoms with Crippen LogP contribution in [0.2, 0.25) is 0 Å². The van der Waals surface area contributed by atoms with Gasteiger partial charge in [-0.05, 0) is 5.56 Å². The quantitative estimate of drug-likeness (QED) is 0.0984. The van der Waals surface area contributed by atoms with Crippen molar-refractivity contribution < 1.29 is 166 Å². The number of benzene rings is 1. The number of ether oxygens (including phenoxy) is 35. The third-order valence-corrected chi connectivity index (χ3v) is 20.3. The van der Waals surface area contributed by atoms with Crippen LogP contribution in [-0.2, 0) is 172 Å². The zero-order valence-corrected chi connectivity index (χ0v) is 63.5. The van der Waals surface area contributed by atoms with Crippen molar-refractivity contribution in [3.8, 4) is 0 Å². The van der Waals surface area contributed by atoms with Crippen LogP contribution in [0.4, 0.5) is 0 Å². The Hall–Kier alpha value is -2.18. The number of methoxy groups -OCH3 is 20. The van der Waals surface area contributed by atoms with Gasteiger partial charge in [-0.15, -0.1) is 0 Å². The second-order valence-corrected chi connectivity index (χ2v) is 26.1. The molecule has 1 aromatic carbocycles. The van der Waals surface area contributed by atoms with E-state index in [1.54, 1.807) is 0 Å². The molecule has 21 aliphatic heterocycles. The molecule has 0 aliphatic carbocycles. The largest absolute Gasteiger partial charge is 0.382 e. The van der Waals surface area contributed by atoms with Crippen LogP contribution >= 0.6 is 0 Å². The van der Waals surface area contributed by atoms with Crippen molar-refractivity contribution in [2.45, 2.75) is 222 Å². The highest BCUT2D eigenvalue weighted by atomic mass is 16.8. The number of hydrogen-bond acceptors (Lipinski definition) is 35. The Morgan fingerprint density at radius 2 is 0.365 bits per heavy atom. The lowest BCUT2D eigenvalue weighted by Crippen LogP contribution is -2.69. The van der Waals surface area contributed by atoms with Gasteiger partial charge in [0.2, 0.25) is 0 Å². The van der Waals surface area contributed by atoms with E-state index in [0.717, 1.165) is 5.56 Å². The summed E-state index contributed by atoms with van der Waals surface area (Å²) < 4.78 is 229. The second kappa shape index (κ2) is 42.5. The van der Waals surface area contributed by atoms with E-state index in [9.17, 15) is 0 Å². The Kier molecular flexibility index (Phi) is 35.0. The average Bonchev–Trinajstić information content (AvgIpc) is 0.767. The van der Waals surface area contributed by atoms with Gasteiger partial charge in [-0.1, -0.05) is 30.3 Å². The molecular weight excluding hydrogens is 1390 g/mol. The van der Waals surface area contributed by atoms with Crippen molar-refractivity contribution >= 4 is 0 Å². The lowest BCUT2D eigenvalue weighted by Gasteiger charge is -2.52. The maximum atomic E-state index is 7.23. The van der Waals surface area contributed by atoms with Gasteiger partial charge >= 0.3 is 0 Å². The van der Waals surface area contributed by atoms with Gasteiger partial charge in [-0.3, -0.25) is 0 Å². The van der Waals surface area contributed by atoms with Gasteiger partial charge in [-0.25, -0.2) is 0 Å². The first kappa shape index (κ1) is 85.8. The fourth-order valence-corrected chi connectivity index (χ4v) is 15.5. The first-order valence-corrected chi connectivity index (χ1v) is 34.8. The molecule has 0 N–H and O–H groups in total. The summed E-state index contributed by atoms with van der Waals surface area (Å²) in [6.45, 7) is -0.264. The molecule has 22 rings (SSSR count). The molecule has 21 saturated heterocycles. The Morgan fingerprint density at radius 3 is 0.529 bits per heavy atom. The molecule has 21 heterocycles. The normalized spacial score (nSPS) is 44.1. The Morgan fingerprint density at radius 1 is 0.202 bits per heavy atom. The number of hydrogen-bond donors (Lipinski definition) is 0. The van der Waals surface area contributed by atoms with Gasteiger partial charge < -0.3 is 166 Å². The minimum Gasteiger partial charge on any atom is -0.382 e. The summed E-state index contributed by atoms with van der Waals surface area (Å²) >= 11 is 0. The first-order chi connectivity index (χ1) is 50.7. The molecule has 0 radical (unpaired) electrons. The molecule has 14 bridgehead atoms. The van der Waals surface area contributed by atoms with Crippen LogP contribution < -0.4 is 0 Å². The molecule has 0 aromatic heterocycles. The van der Waals surface area contributed by atoms with E-state index < -0.39 is 215 Å². The van der Waals surface area contributed by atoms with Gasteiger partial charge in [0.1, 0.15) is 171 Å². The first-order valence-electron chi connectivity index (χ1n) is 34.8. The SMILES string of the molecule is COC[C@H]1O[C@@H]2O[C@H]3[C@H](OC)[C@@H](OCc4ccccc4)[C@@H](O[C@H]4[C@H](OC)[C@@H](OC)[C@@H](O[C@H]5[C@H](OC)[C@@H](OC)[C@@H](O[C@H]6[C@H](OC)[C@@H](OC)[C@@H](O[C@H]7[C@H](OC)[C@@H](OC)[C@@H](O[C@H]8[C@H](OC)[C@@H](OC)[C@@H](O[C@H]1[C@H](OC)[C@@H]2OC)O[C@@H]8COC)O[C@@H]7COC)O[C@@H]6COC)O[C@@H]5COC)O[C@@H]4COC)O[C@@H]3COC. The van der Waals surface area contributed by atoms with Crippen LogP contribution in [0.1, 0.15) is 5.56 Å². The molecule has 0 amide bonds. The van der Waals surface area contributed by atoms with Gasteiger partial charge in [0.25, 0.3) is 0 Å². The van der Waals surface area contributed by atoms with Crippen LogP contribution in [0.5, 0.6) is 0 Å². The standard InChI is InChI=1S/C69H116O35/c1-70-27-35-42-49(77-8)56(84-15)64(91-35)99-44-37(29-72-3)93-66(58(86-17)51(44)79-10)101-46-39(31-74-5)95-68(60(88-19)53(46)81-12)103-48-41(33-76-7)97-69(62(55(48)83-14)90-26-34-24-22-21-23-25-34)104-47-40(32-75-6)96-67(61(89-20)54(47)82-13)102-45-38(30-73-4)94-65(59(87-18)52(45)80-11)100-43-36(28-71-2)92-63(98-42)57(85-16)50(43)78-9/h21-25,35-69H,26-33H2,1-20H3/t35-,36-,37-,38-,39-,40-,41-,42-,43-,44-,45-,46-,47-,48-,49+,50+,51+,52+,53+,54+,55+,56-,57-,58-,59-,60+,61-,62-,63-,64-,65-,66-,67-,68-,69-/m1/s1. The molecule has 35 heteroatoms. The van der Waals surface area contributed by atoms with Gasteiger partial charge in [0.15, 0.2) is 44.0 Å². The van der Waals surface area contributed by atoms with E-state index in [4.69, 9.17) is 166 Å². The molecule has 35 atom stereocenters. The highest BCUT2D eigenvalue weighted by molar-refractivity contribution is 5.14. The van der Waals surface area contributed by atoms with Crippen LogP contribution in [-0.4, -0.2) is 403 Å². The molecule has 21 fully saturated rings. The highest BCUT2D eigenvalue weighted by Crippen LogP contribution is 2.43. The summed E-state index contributed by atoms with van der Waals surface area (Å²) in [6.07, 6.45) is -36.6. The van der Waals surface area contributed by atoms with Crippen molar-refractivity contribution in [3.63, 3.8) is 0 Å². The zero-order chi connectivity index (χ0) is 74.7. The van der Waals surface area contributed by atoms with Gasteiger partial charge in [0.05, 0.1) is 52.9 Å². The second-order valence-electron chi connectivity index (χ2n) is 26.1. The van der Waals surface area contributed by atoms with Crippen molar-refractivity contribution in [1.29, 1.82) is 0 Å². The Bertz CT molecular complexity index is 2520. The summed E-state index contributed by atoms with van der Waals surface area (Å²) in [5.74, 6) is 0. The van der Waals surface area contributed by atoms with Crippen molar-refractivity contribution in [2.75, 3.05) is 188 Å². The van der Waals surface area contributed by atoms with E-state index in [0.29, 0.717) is 0 Å². The summed E-state index contributed by atoms with van der Waals surface area (Å²) in [4.78, 5) is 0. The highest BCUT2D eigenvalue weighted by Gasteiger charge is 2.62. The topological polar surface area (TPSA) is 323 Å². The van der Waals surface area contributed by atoms with E-state index in [1.807, 2.05) is 30.3 Å². The summed E-state index contributed by atoms with van der Waals surface area (Å²) in [6, 6.07) is 9.59. The monoisotopic (exact) mass is 1500 g/mol. The molecule has 35 nitrogen and oxygen atoms in total.